The Labute approximate surface area is 78.6 Å². The summed E-state index contributed by atoms with van der Waals surface area (Å²) >= 11 is 0. The van der Waals surface area contributed by atoms with Crippen molar-refractivity contribution in [3.8, 4) is 6.07 Å². The maximum atomic E-state index is 11.2. The molecule has 1 atom stereocenters. The predicted molar refractivity (Wildman–Crippen MR) is 48.7 cm³/mol. The van der Waals surface area contributed by atoms with Gasteiger partial charge in [-0.15, -0.1) is 0 Å². The first-order valence-corrected chi connectivity index (χ1v) is 4.21. The summed E-state index contributed by atoms with van der Waals surface area (Å²) < 4.78 is 0. The van der Waals surface area contributed by atoms with Gasteiger partial charge in [0.2, 0.25) is 5.91 Å². The van der Waals surface area contributed by atoms with Crippen LogP contribution in [0.5, 0.6) is 0 Å². The minimum atomic E-state index is -1.05. The Morgan fingerprint density at radius 1 is 1.54 bits per heavy atom. The third kappa shape index (κ3) is 3.90. The number of rotatable bonds is 3. The van der Waals surface area contributed by atoms with Gasteiger partial charge in [-0.1, -0.05) is 13.8 Å². The molecule has 0 saturated carbocycles. The van der Waals surface area contributed by atoms with Crippen LogP contribution < -0.4 is 5.32 Å². The van der Waals surface area contributed by atoms with Crippen LogP contribution in [0.15, 0.2) is 0 Å². The Morgan fingerprint density at radius 3 is 2.31 bits per heavy atom. The fourth-order valence-corrected chi connectivity index (χ4v) is 0.713. The molecule has 0 unspecified atom stereocenters. The normalized spacial score (nSPS) is 13.6. The van der Waals surface area contributed by atoms with Gasteiger partial charge in [0, 0.05) is 0 Å². The third-order valence-electron chi connectivity index (χ3n) is 1.62. The number of hydrogen-bond donors (Lipinski definition) is 2. The Bertz CT molecular complexity index is 228. The lowest BCUT2D eigenvalue weighted by Gasteiger charge is -2.21. The molecule has 2 N–H and O–H groups in total. The Morgan fingerprint density at radius 2 is 2.00 bits per heavy atom. The molecule has 0 saturated heterocycles. The zero-order valence-electron chi connectivity index (χ0n) is 8.46. The second kappa shape index (κ2) is 4.24. The van der Waals surface area contributed by atoms with Crippen molar-refractivity contribution in [2.45, 2.75) is 39.3 Å². The van der Waals surface area contributed by atoms with E-state index in [1.807, 2.05) is 6.07 Å². The van der Waals surface area contributed by atoms with E-state index < -0.39 is 17.6 Å². The number of nitriles is 1. The molecule has 0 aromatic rings. The lowest BCUT2D eigenvalue weighted by atomic mass is 10.0. The van der Waals surface area contributed by atoms with Crippen molar-refractivity contribution in [1.29, 1.82) is 5.26 Å². The number of amides is 1. The number of nitrogens with one attached hydrogen (secondary N) is 1. The summed E-state index contributed by atoms with van der Waals surface area (Å²) in [5.74, 6) is -0.643. The van der Waals surface area contributed by atoms with Gasteiger partial charge < -0.3 is 10.4 Å². The molecule has 0 aromatic carbocycles. The molecule has 0 aliphatic rings. The molecule has 0 spiro atoms. The molecule has 0 bridgehead atoms. The van der Waals surface area contributed by atoms with Crippen molar-refractivity contribution in [1.82, 2.24) is 5.32 Å². The number of aliphatic hydroxyl groups excluding tert-OH is 1. The molecule has 0 radical (unpaired) electrons. The van der Waals surface area contributed by atoms with E-state index in [1.54, 1.807) is 27.7 Å². The smallest absolute Gasteiger partial charge is 0.250 e. The van der Waals surface area contributed by atoms with E-state index in [2.05, 4.69) is 5.32 Å². The summed E-state index contributed by atoms with van der Waals surface area (Å²) in [5, 5.41) is 20.4. The van der Waals surface area contributed by atoms with Crippen LogP contribution in [-0.2, 0) is 4.79 Å². The largest absolute Gasteiger partial charge is 0.383 e. The summed E-state index contributed by atoms with van der Waals surface area (Å²) in [6, 6.07) is 1.92. The van der Waals surface area contributed by atoms with Crippen LogP contribution in [0.1, 0.15) is 27.7 Å². The van der Waals surface area contributed by atoms with Crippen molar-refractivity contribution < 1.29 is 9.90 Å². The van der Waals surface area contributed by atoms with Gasteiger partial charge in [-0.25, -0.2) is 0 Å². The molecule has 0 heterocycles. The van der Waals surface area contributed by atoms with Crippen molar-refractivity contribution in [2.75, 3.05) is 0 Å². The summed E-state index contributed by atoms with van der Waals surface area (Å²) in [7, 11) is 0. The average Bonchev–Trinajstić information content (AvgIpc) is 2.02. The summed E-state index contributed by atoms with van der Waals surface area (Å²) in [5.41, 5.74) is -0.924. The van der Waals surface area contributed by atoms with E-state index in [1.165, 1.54) is 0 Å². The number of nitrogens with zero attached hydrogens (tertiary/aromatic N) is 1. The fraction of sp³-hybridized carbons (Fsp3) is 0.778. The zero-order valence-corrected chi connectivity index (χ0v) is 8.46. The molecule has 0 aliphatic heterocycles. The third-order valence-corrected chi connectivity index (χ3v) is 1.62. The van der Waals surface area contributed by atoms with Gasteiger partial charge in [0.25, 0.3) is 0 Å². The molecule has 0 aromatic heterocycles. The van der Waals surface area contributed by atoms with Gasteiger partial charge in [0.15, 0.2) is 0 Å². The van der Waals surface area contributed by atoms with Gasteiger partial charge in [-0.05, 0) is 19.8 Å². The van der Waals surface area contributed by atoms with Crippen molar-refractivity contribution in [3.05, 3.63) is 0 Å². The van der Waals surface area contributed by atoms with Gasteiger partial charge in [-0.3, -0.25) is 4.79 Å². The van der Waals surface area contributed by atoms with Crippen LogP contribution >= 0.6 is 0 Å². The maximum Gasteiger partial charge on any atom is 0.250 e. The highest BCUT2D eigenvalue weighted by Gasteiger charge is 2.25. The number of carbonyl (C=O) groups is 1. The predicted octanol–water partition coefficient (Wildman–Crippen LogP) is 0.422. The quantitative estimate of drug-likeness (QED) is 0.667. The van der Waals surface area contributed by atoms with Crippen LogP contribution in [-0.4, -0.2) is 22.7 Å². The van der Waals surface area contributed by atoms with Gasteiger partial charge in [0.1, 0.15) is 11.6 Å². The summed E-state index contributed by atoms with van der Waals surface area (Å²) in [6.45, 7) is 6.64. The molecule has 4 nitrogen and oxygen atoms in total. The van der Waals surface area contributed by atoms with Crippen LogP contribution in [0.25, 0.3) is 0 Å². The highest BCUT2D eigenvalue weighted by atomic mass is 16.3. The van der Waals surface area contributed by atoms with Crippen molar-refractivity contribution in [2.24, 2.45) is 5.92 Å². The minimum Gasteiger partial charge on any atom is -0.383 e. The van der Waals surface area contributed by atoms with Gasteiger partial charge in [-0.2, -0.15) is 5.26 Å². The molecule has 13 heavy (non-hydrogen) atoms. The van der Waals surface area contributed by atoms with Crippen LogP contribution in [0.3, 0.4) is 0 Å². The van der Waals surface area contributed by atoms with Crippen LogP contribution in [0, 0.1) is 17.2 Å². The topological polar surface area (TPSA) is 73.1 Å². The first-order valence-electron chi connectivity index (χ1n) is 4.21. The second-order valence-electron chi connectivity index (χ2n) is 3.91. The van der Waals surface area contributed by atoms with E-state index in [0.29, 0.717) is 0 Å². The molecule has 74 valence electrons. The Kier molecular flexibility index (Phi) is 3.89. The number of carbonyl (C=O) groups excluding carboxylic acids is 1. The molecule has 0 aliphatic carbocycles. The number of hydrogen-bond acceptors (Lipinski definition) is 3. The molecule has 0 fully saturated rings. The molecule has 1 amide bonds. The van der Waals surface area contributed by atoms with Crippen LogP contribution in [0.2, 0.25) is 0 Å². The van der Waals surface area contributed by atoms with Gasteiger partial charge in [0.05, 0.1) is 6.07 Å². The first kappa shape index (κ1) is 11.9. The van der Waals surface area contributed by atoms with E-state index in [0.717, 1.165) is 0 Å². The lowest BCUT2D eigenvalue weighted by Crippen LogP contribution is -2.48. The zero-order chi connectivity index (χ0) is 10.6. The van der Waals surface area contributed by atoms with E-state index in [4.69, 9.17) is 5.26 Å². The summed E-state index contributed by atoms with van der Waals surface area (Å²) in [6.07, 6.45) is -1.05. The molecule has 0 rings (SSSR count). The monoisotopic (exact) mass is 184 g/mol. The van der Waals surface area contributed by atoms with E-state index in [9.17, 15) is 9.90 Å². The second-order valence-corrected chi connectivity index (χ2v) is 3.91. The van der Waals surface area contributed by atoms with Gasteiger partial charge >= 0.3 is 0 Å². The highest BCUT2D eigenvalue weighted by Crippen LogP contribution is 2.04. The highest BCUT2D eigenvalue weighted by molar-refractivity contribution is 5.81. The number of aliphatic hydroxyl groups is 1. The lowest BCUT2D eigenvalue weighted by molar-refractivity contribution is -0.132. The van der Waals surface area contributed by atoms with Crippen molar-refractivity contribution >= 4 is 5.91 Å². The Balaban J connectivity index is 4.26. The van der Waals surface area contributed by atoms with Crippen LogP contribution in [0.4, 0.5) is 0 Å². The van der Waals surface area contributed by atoms with Crippen molar-refractivity contribution in [3.63, 3.8) is 0 Å². The Hall–Kier alpha value is -1.08. The standard InChI is InChI=1S/C9H16N2O2/c1-6(2)7(12)8(13)11-9(3,4)5-10/h6-7,12H,1-4H3,(H,11,13)/t7-/m0/s1. The van der Waals surface area contributed by atoms with E-state index in [-0.39, 0.29) is 5.92 Å². The van der Waals surface area contributed by atoms with E-state index >= 15 is 0 Å². The SMILES string of the molecule is CC(C)[C@H](O)C(=O)NC(C)(C)C#N. The summed E-state index contributed by atoms with van der Waals surface area (Å²) in [4.78, 5) is 11.2. The molecular formula is C9H16N2O2. The fourth-order valence-electron chi connectivity index (χ4n) is 0.713. The average molecular weight is 184 g/mol. The maximum absolute atomic E-state index is 11.2. The minimum absolute atomic E-state index is 0.144. The molecular weight excluding hydrogens is 168 g/mol. The first-order chi connectivity index (χ1) is 5.80. The molecule has 4 heteroatoms.